The van der Waals surface area contributed by atoms with Crippen molar-refractivity contribution >= 4 is 23.7 Å². The van der Waals surface area contributed by atoms with Crippen LogP contribution in [0.5, 0.6) is 5.75 Å². The lowest BCUT2D eigenvalue weighted by Gasteiger charge is -2.25. The zero-order valence-electron chi connectivity index (χ0n) is 19.0. The van der Waals surface area contributed by atoms with E-state index in [-0.39, 0.29) is 23.5 Å². The van der Waals surface area contributed by atoms with E-state index >= 15 is 0 Å². The molecule has 3 amide bonds. The summed E-state index contributed by atoms with van der Waals surface area (Å²) in [4.78, 5) is 51.5. The van der Waals surface area contributed by atoms with Gasteiger partial charge < -0.3 is 14.8 Å². The predicted octanol–water partition coefficient (Wildman–Crippen LogP) is 2.61. The van der Waals surface area contributed by atoms with Crippen molar-refractivity contribution in [3.05, 3.63) is 65.2 Å². The molecule has 2 aromatic carbocycles. The Balaban J connectivity index is 1.55. The van der Waals surface area contributed by atoms with Crippen LogP contribution in [0.4, 0.5) is 0 Å². The molecule has 0 bridgehead atoms. The summed E-state index contributed by atoms with van der Waals surface area (Å²) >= 11 is 0. The van der Waals surface area contributed by atoms with E-state index in [0.717, 1.165) is 16.2 Å². The van der Waals surface area contributed by atoms with Crippen molar-refractivity contribution < 1.29 is 28.7 Å². The number of benzene rings is 2. The third-order valence-corrected chi connectivity index (χ3v) is 5.34. The fraction of sp³-hybridized carbons (Fsp3) is 0.360. The largest absolute Gasteiger partial charge is 0.497 e. The number of fused-ring (bicyclic) bond motifs is 1. The smallest absolute Gasteiger partial charge is 0.329 e. The number of nitrogens with one attached hydrogen (secondary N) is 1. The second-order valence-corrected chi connectivity index (χ2v) is 8.23. The van der Waals surface area contributed by atoms with E-state index < -0.39 is 36.3 Å². The highest BCUT2D eigenvalue weighted by molar-refractivity contribution is 6.22. The van der Waals surface area contributed by atoms with Crippen LogP contribution >= 0.6 is 0 Å². The summed E-state index contributed by atoms with van der Waals surface area (Å²) in [6.07, 6.45) is 0.845. The average Bonchev–Trinajstić information content (AvgIpc) is 3.06. The first-order valence-corrected chi connectivity index (χ1v) is 10.8. The van der Waals surface area contributed by atoms with Gasteiger partial charge in [0, 0.05) is 6.54 Å². The SMILES string of the molecule is COc1ccc(CCNC(=O)COC(=O)C(CC(C)C)N2C(=O)c3ccccc3C2=O)cc1. The van der Waals surface area contributed by atoms with Gasteiger partial charge in [-0.3, -0.25) is 19.3 Å². The van der Waals surface area contributed by atoms with Crippen molar-refractivity contribution in [2.24, 2.45) is 5.92 Å². The molecule has 33 heavy (non-hydrogen) atoms. The molecule has 1 atom stereocenters. The molecule has 174 valence electrons. The first-order chi connectivity index (χ1) is 15.8. The Bertz CT molecular complexity index is 996. The molecule has 2 aromatic rings. The summed E-state index contributed by atoms with van der Waals surface area (Å²) in [5.41, 5.74) is 1.55. The van der Waals surface area contributed by atoms with Gasteiger partial charge in [0.05, 0.1) is 18.2 Å². The van der Waals surface area contributed by atoms with Crippen molar-refractivity contribution in [2.75, 3.05) is 20.3 Å². The Morgan fingerprint density at radius 2 is 1.58 bits per heavy atom. The van der Waals surface area contributed by atoms with Gasteiger partial charge in [-0.15, -0.1) is 0 Å². The van der Waals surface area contributed by atoms with Gasteiger partial charge in [0.15, 0.2) is 6.61 Å². The lowest BCUT2D eigenvalue weighted by Crippen LogP contribution is -2.47. The summed E-state index contributed by atoms with van der Waals surface area (Å²) in [7, 11) is 1.59. The lowest BCUT2D eigenvalue weighted by atomic mass is 10.0. The Labute approximate surface area is 192 Å². The molecule has 0 fully saturated rings. The molecule has 1 aliphatic rings. The Morgan fingerprint density at radius 3 is 2.12 bits per heavy atom. The number of rotatable bonds is 10. The van der Waals surface area contributed by atoms with Gasteiger partial charge in [0.2, 0.25) is 0 Å². The number of amides is 3. The molecule has 0 saturated heterocycles. The lowest BCUT2D eigenvalue weighted by molar-refractivity contribution is -0.152. The Hall–Kier alpha value is -3.68. The predicted molar refractivity (Wildman–Crippen MR) is 121 cm³/mol. The van der Waals surface area contributed by atoms with E-state index in [1.165, 1.54) is 0 Å². The van der Waals surface area contributed by atoms with E-state index in [2.05, 4.69) is 5.32 Å². The fourth-order valence-corrected chi connectivity index (χ4v) is 3.67. The van der Waals surface area contributed by atoms with E-state index in [4.69, 9.17) is 9.47 Å². The number of methoxy groups -OCH3 is 1. The molecular formula is C25H28N2O6. The first kappa shape index (κ1) is 24.0. The summed E-state index contributed by atoms with van der Waals surface area (Å²) in [6.45, 7) is 3.64. The number of hydrogen-bond donors (Lipinski definition) is 1. The second kappa shape index (κ2) is 10.8. The molecule has 3 rings (SSSR count). The zero-order valence-corrected chi connectivity index (χ0v) is 19.0. The minimum atomic E-state index is -1.09. The maximum atomic E-state index is 12.8. The van der Waals surface area contributed by atoms with Crippen LogP contribution in [0.1, 0.15) is 46.5 Å². The van der Waals surface area contributed by atoms with Gasteiger partial charge in [-0.2, -0.15) is 0 Å². The highest BCUT2D eigenvalue weighted by Crippen LogP contribution is 2.27. The van der Waals surface area contributed by atoms with Crippen molar-refractivity contribution in [3.63, 3.8) is 0 Å². The van der Waals surface area contributed by atoms with Crippen LogP contribution in [0, 0.1) is 5.92 Å². The molecule has 0 spiro atoms. The Morgan fingerprint density at radius 1 is 0.970 bits per heavy atom. The minimum absolute atomic E-state index is 0.0187. The van der Waals surface area contributed by atoms with Crippen LogP contribution in [0.15, 0.2) is 48.5 Å². The molecule has 1 aliphatic heterocycles. The standard InChI is InChI=1S/C25H28N2O6/c1-16(2)14-21(27-23(29)19-6-4-5-7-20(19)24(27)30)25(31)33-15-22(28)26-13-12-17-8-10-18(32-3)11-9-17/h4-11,16,21H,12-15H2,1-3H3,(H,26,28). The summed E-state index contributed by atoms with van der Waals surface area (Å²) in [5, 5.41) is 2.70. The number of hydrogen-bond acceptors (Lipinski definition) is 6. The molecule has 1 heterocycles. The molecule has 1 unspecified atom stereocenters. The zero-order chi connectivity index (χ0) is 24.0. The van der Waals surface area contributed by atoms with E-state index in [1.807, 2.05) is 38.1 Å². The van der Waals surface area contributed by atoms with Crippen molar-refractivity contribution in [1.29, 1.82) is 0 Å². The molecule has 0 aromatic heterocycles. The van der Waals surface area contributed by atoms with Crippen LogP contribution in [0.3, 0.4) is 0 Å². The minimum Gasteiger partial charge on any atom is -0.497 e. The van der Waals surface area contributed by atoms with Crippen LogP contribution < -0.4 is 10.1 Å². The maximum absolute atomic E-state index is 12.8. The van der Waals surface area contributed by atoms with Crippen LogP contribution in [0.25, 0.3) is 0 Å². The van der Waals surface area contributed by atoms with E-state index in [9.17, 15) is 19.2 Å². The fourth-order valence-electron chi connectivity index (χ4n) is 3.67. The van der Waals surface area contributed by atoms with Gasteiger partial charge in [0.1, 0.15) is 11.8 Å². The van der Waals surface area contributed by atoms with Crippen LogP contribution in [0.2, 0.25) is 0 Å². The van der Waals surface area contributed by atoms with Gasteiger partial charge in [-0.05, 0) is 48.6 Å². The average molecular weight is 453 g/mol. The molecule has 8 nitrogen and oxygen atoms in total. The monoisotopic (exact) mass is 452 g/mol. The number of imide groups is 1. The first-order valence-electron chi connectivity index (χ1n) is 10.8. The van der Waals surface area contributed by atoms with Gasteiger partial charge in [-0.1, -0.05) is 38.1 Å². The molecule has 0 aliphatic carbocycles. The molecule has 1 N–H and O–H groups in total. The second-order valence-electron chi connectivity index (χ2n) is 8.23. The van der Waals surface area contributed by atoms with Crippen molar-refractivity contribution in [2.45, 2.75) is 32.7 Å². The Kier molecular flexibility index (Phi) is 7.82. The van der Waals surface area contributed by atoms with Crippen molar-refractivity contribution in [1.82, 2.24) is 10.2 Å². The normalized spacial score (nSPS) is 13.6. The maximum Gasteiger partial charge on any atom is 0.329 e. The molecule has 8 heteroatoms. The van der Waals surface area contributed by atoms with Crippen molar-refractivity contribution in [3.8, 4) is 5.75 Å². The summed E-state index contributed by atoms with van der Waals surface area (Å²) in [6, 6.07) is 12.9. The number of carbonyl (C=O) groups is 4. The third-order valence-electron chi connectivity index (χ3n) is 5.34. The highest BCUT2D eigenvalue weighted by atomic mass is 16.5. The third kappa shape index (κ3) is 5.77. The molecule has 0 saturated carbocycles. The number of carbonyl (C=O) groups excluding carboxylic acids is 4. The summed E-state index contributed by atoms with van der Waals surface area (Å²) < 4.78 is 10.3. The number of ether oxygens (including phenoxy) is 2. The van der Waals surface area contributed by atoms with Gasteiger partial charge >= 0.3 is 5.97 Å². The number of esters is 1. The topological polar surface area (TPSA) is 102 Å². The van der Waals surface area contributed by atoms with Gasteiger partial charge in [-0.25, -0.2) is 4.79 Å². The summed E-state index contributed by atoms with van der Waals surface area (Å²) in [5.74, 6) is -1.51. The molecular weight excluding hydrogens is 424 g/mol. The van der Waals surface area contributed by atoms with Gasteiger partial charge in [0.25, 0.3) is 17.7 Å². The quantitative estimate of drug-likeness (QED) is 0.439. The molecule has 0 radical (unpaired) electrons. The van der Waals surface area contributed by atoms with Crippen LogP contribution in [-0.4, -0.2) is 54.9 Å². The number of nitrogens with zero attached hydrogens (tertiary/aromatic N) is 1. The highest BCUT2D eigenvalue weighted by Gasteiger charge is 2.43. The van der Waals surface area contributed by atoms with E-state index in [0.29, 0.717) is 13.0 Å². The van der Waals surface area contributed by atoms with E-state index in [1.54, 1.807) is 31.4 Å². The van der Waals surface area contributed by atoms with Crippen LogP contribution in [-0.2, 0) is 20.7 Å².